The Labute approximate surface area is 178 Å². The minimum Gasteiger partial charge on any atom is -0.481 e. The number of hydrogen-bond acceptors (Lipinski definition) is 7. The molecule has 0 radical (unpaired) electrons. The summed E-state index contributed by atoms with van der Waals surface area (Å²) in [5.41, 5.74) is 10.5. The molecule has 0 aromatic rings. The number of aliphatic carboxylic acids is 2. The van der Waals surface area contributed by atoms with Crippen LogP contribution in [0, 0.1) is 0 Å². The molecule has 1 aliphatic heterocycles. The van der Waals surface area contributed by atoms with Gasteiger partial charge in [0.1, 0.15) is 18.6 Å². The van der Waals surface area contributed by atoms with E-state index in [9.17, 15) is 24.0 Å². The molecule has 1 rings (SSSR count). The maximum absolute atomic E-state index is 12.6. The SMILES string of the molecule is NC(N)=NCCCC(NC(=O)C(CC(=O)O)NC(=O)C1CCCN1)C(=O)NCC(=O)O. The van der Waals surface area contributed by atoms with E-state index >= 15 is 0 Å². The summed E-state index contributed by atoms with van der Waals surface area (Å²) < 4.78 is 0. The average Bonchev–Trinajstić information content (AvgIpc) is 3.22. The second-order valence-electron chi connectivity index (χ2n) is 6.93. The van der Waals surface area contributed by atoms with Crippen molar-refractivity contribution in [3.63, 3.8) is 0 Å². The lowest BCUT2D eigenvalue weighted by Gasteiger charge is -2.23. The largest absolute Gasteiger partial charge is 0.481 e. The Morgan fingerprint density at radius 2 is 1.74 bits per heavy atom. The molecule has 3 amide bonds. The number of hydrogen-bond donors (Lipinski definition) is 8. The first-order valence-corrected chi connectivity index (χ1v) is 9.71. The average molecular weight is 443 g/mol. The quantitative estimate of drug-likeness (QED) is 0.0791. The highest BCUT2D eigenvalue weighted by Gasteiger charge is 2.31. The van der Waals surface area contributed by atoms with E-state index < -0.39 is 60.8 Å². The summed E-state index contributed by atoms with van der Waals surface area (Å²) in [6.45, 7) is 0.126. The van der Waals surface area contributed by atoms with Crippen LogP contribution in [0.4, 0.5) is 0 Å². The molecule has 0 bridgehead atoms. The van der Waals surface area contributed by atoms with Crippen molar-refractivity contribution >= 4 is 35.6 Å². The lowest BCUT2D eigenvalue weighted by molar-refractivity contribution is -0.141. The van der Waals surface area contributed by atoms with Crippen LogP contribution in [0.2, 0.25) is 0 Å². The van der Waals surface area contributed by atoms with E-state index in [1.54, 1.807) is 0 Å². The summed E-state index contributed by atoms with van der Waals surface area (Å²) in [6, 6.07) is -3.13. The summed E-state index contributed by atoms with van der Waals surface area (Å²) in [5, 5.41) is 27.7. The number of nitrogens with two attached hydrogens (primary N) is 2. The zero-order chi connectivity index (χ0) is 23.4. The van der Waals surface area contributed by atoms with E-state index in [4.69, 9.17) is 21.7 Å². The standard InChI is InChI=1S/C17H29N7O7/c18-17(19)21-6-2-4-10(14(29)22-8-13(27)28)23-16(31)11(7-12(25)26)24-15(30)9-3-1-5-20-9/h9-11,20H,1-8H2,(H,22,29)(H,23,31)(H,24,30)(H,25,26)(H,27,28)(H4,18,19,21). The van der Waals surface area contributed by atoms with Gasteiger partial charge in [0.25, 0.3) is 0 Å². The summed E-state index contributed by atoms with van der Waals surface area (Å²) in [6.07, 6.45) is 0.951. The van der Waals surface area contributed by atoms with Gasteiger partial charge in [0.2, 0.25) is 17.7 Å². The Hall–Kier alpha value is -3.42. The number of carbonyl (C=O) groups is 5. The van der Waals surface area contributed by atoms with Gasteiger partial charge in [-0.1, -0.05) is 0 Å². The highest BCUT2D eigenvalue weighted by atomic mass is 16.4. The number of carbonyl (C=O) groups excluding carboxylic acids is 3. The topological polar surface area (TPSA) is 238 Å². The van der Waals surface area contributed by atoms with Crippen LogP contribution in [0.1, 0.15) is 32.1 Å². The van der Waals surface area contributed by atoms with E-state index in [0.29, 0.717) is 13.0 Å². The molecule has 0 aliphatic carbocycles. The molecule has 10 N–H and O–H groups in total. The van der Waals surface area contributed by atoms with E-state index in [1.165, 1.54) is 0 Å². The van der Waals surface area contributed by atoms with E-state index in [0.717, 1.165) is 6.42 Å². The number of nitrogens with zero attached hydrogens (tertiary/aromatic N) is 1. The van der Waals surface area contributed by atoms with Crippen molar-refractivity contribution in [2.75, 3.05) is 19.6 Å². The summed E-state index contributed by atoms with van der Waals surface area (Å²) in [5.74, 6) is -4.93. The van der Waals surface area contributed by atoms with Crippen LogP contribution < -0.4 is 32.7 Å². The van der Waals surface area contributed by atoms with Crippen LogP contribution in [0.25, 0.3) is 0 Å². The molecule has 0 saturated carbocycles. The smallest absolute Gasteiger partial charge is 0.322 e. The van der Waals surface area contributed by atoms with Crippen molar-refractivity contribution in [3.05, 3.63) is 0 Å². The Bertz CT molecular complexity index is 703. The number of carboxylic acid groups (broad SMARTS) is 2. The molecule has 31 heavy (non-hydrogen) atoms. The van der Waals surface area contributed by atoms with Crippen molar-refractivity contribution in [3.8, 4) is 0 Å². The van der Waals surface area contributed by atoms with Gasteiger partial charge in [-0.3, -0.25) is 29.0 Å². The molecule has 3 atom stereocenters. The fraction of sp³-hybridized carbons (Fsp3) is 0.647. The van der Waals surface area contributed by atoms with Gasteiger partial charge in [-0.25, -0.2) is 0 Å². The number of aliphatic imine (C=N–C) groups is 1. The Kier molecular flexibility index (Phi) is 10.7. The zero-order valence-corrected chi connectivity index (χ0v) is 16.9. The van der Waals surface area contributed by atoms with Crippen LogP contribution in [-0.2, 0) is 24.0 Å². The van der Waals surface area contributed by atoms with E-state index in [2.05, 4.69) is 26.3 Å². The van der Waals surface area contributed by atoms with Crippen LogP contribution in [-0.4, -0.2) is 83.6 Å². The van der Waals surface area contributed by atoms with Gasteiger partial charge >= 0.3 is 11.9 Å². The molecule has 1 saturated heterocycles. The monoisotopic (exact) mass is 443 g/mol. The first-order valence-electron chi connectivity index (χ1n) is 9.71. The summed E-state index contributed by atoms with van der Waals surface area (Å²) in [7, 11) is 0. The predicted octanol–water partition coefficient (Wildman–Crippen LogP) is -3.56. The van der Waals surface area contributed by atoms with Crippen molar-refractivity contribution in [2.45, 2.75) is 50.2 Å². The van der Waals surface area contributed by atoms with Crippen molar-refractivity contribution < 1.29 is 34.2 Å². The molecule has 14 heteroatoms. The third-order valence-corrected chi connectivity index (χ3v) is 4.38. The van der Waals surface area contributed by atoms with Crippen molar-refractivity contribution in [1.29, 1.82) is 0 Å². The molecule has 1 heterocycles. The third kappa shape index (κ3) is 10.3. The highest BCUT2D eigenvalue weighted by Crippen LogP contribution is 2.07. The number of rotatable bonds is 13. The fourth-order valence-corrected chi connectivity index (χ4v) is 2.90. The Balaban J connectivity index is 2.83. The van der Waals surface area contributed by atoms with Gasteiger partial charge in [-0.15, -0.1) is 0 Å². The lowest BCUT2D eigenvalue weighted by Crippen LogP contribution is -2.56. The van der Waals surface area contributed by atoms with Gasteiger partial charge in [0, 0.05) is 6.54 Å². The first-order chi connectivity index (χ1) is 14.6. The molecule has 14 nitrogen and oxygen atoms in total. The Morgan fingerprint density at radius 3 is 2.29 bits per heavy atom. The van der Waals surface area contributed by atoms with Crippen molar-refractivity contribution in [1.82, 2.24) is 21.3 Å². The second kappa shape index (κ2) is 13.0. The molecule has 0 aromatic carbocycles. The van der Waals surface area contributed by atoms with Crippen LogP contribution in [0.15, 0.2) is 4.99 Å². The normalized spacial score (nSPS) is 17.1. The maximum Gasteiger partial charge on any atom is 0.322 e. The van der Waals surface area contributed by atoms with E-state index in [1.807, 2.05) is 0 Å². The van der Waals surface area contributed by atoms with Gasteiger partial charge < -0.3 is 42.9 Å². The van der Waals surface area contributed by atoms with Gasteiger partial charge in [0.15, 0.2) is 5.96 Å². The lowest BCUT2D eigenvalue weighted by atomic mass is 10.1. The maximum atomic E-state index is 12.6. The molecule has 1 fully saturated rings. The summed E-state index contributed by atoms with van der Waals surface area (Å²) in [4.78, 5) is 62.8. The predicted molar refractivity (Wildman–Crippen MR) is 108 cm³/mol. The molecule has 0 aromatic heterocycles. The van der Waals surface area contributed by atoms with Gasteiger partial charge in [-0.2, -0.15) is 0 Å². The third-order valence-electron chi connectivity index (χ3n) is 4.38. The van der Waals surface area contributed by atoms with E-state index in [-0.39, 0.29) is 25.3 Å². The number of nitrogens with one attached hydrogen (secondary N) is 4. The fourth-order valence-electron chi connectivity index (χ4n) is 2.90. The minimum atomic E-state index is -1.42. The minimum absolute atomic E-state index is 0.0475. The molecule has 3 unspecified atom stereocenters. The summed E-state index contributed by atoms with van der Waals surface area (Å²) >= 11 is 0. The molecule has 1 aliphatic rings. The van der Waals surface area contributed by atoms with Crippen LogP contribution >= 0.6 is 0 Å². The van der Waals surface area contributed by atoms with Gasteiger partial charge in [-0.05, 0) is 32.2 Å². The number of carboxylic acids is 2. The highest BCUT2D eigenvalue weighted by molar-refractivity contribution is 5.95. The Morgan fingerprint density at radius 1 is 1.03 bits per heavy atom. The van der Waals surface area contributed by atoms with Crippen LogP contribution in [0.3, 0.4) is 0 Å². The second-order valence-corrected chi connectivity index (χ2v) is 6.93. The molecular weight excluding hydrogens is 414 g/mol. The molecule has 174 valence electrons. The molecular formula is C17H29N7O7. The first kappa shape index (κ1) is 25.6. The van der Waals surface area contributed by atoms with Gasteiger partial charge in [0.05, 0.1) is 12.5 Å². The van der Waals surface area contributed by atoms with Crippen LogP contribution in [0.5, 0.6) is 0 Å². The zero-order valence-electron chi connectivity index (χ0n) is 16.9. The molecule has 0 spiro atoms. The number of amides is 3. The van der Waals surface area contributed by atoms with Crippen molar-refractivity contribution in [2.24, 2.45) is 16.5 Å². The number of guanidine groups is 1.